The number of pyridine rings is 1. The van der Waals surface area contributed by atoms with Gasteiger partial charge in [-0.1, -0.05) is 44.2 Å². The van der Waals surface area contributed by atoms with E-state index in [-0.39, 0.29) is 23.8 Å². The van der Waals surface area contributed by atoms with E-state index >= 15 is 0 Å². The summed E-state index contributed by atoms with van der Waals surface area (Å²) in [5, 5.41) is 11.4. The lowest BCUT2D eigenvalue weighted by Crippen LogP contribution is -2.29. The van der Waals surface area contributed by atoms with Crippen molar-refractivity contribution in [2.45, 2.75) is 39.3 Å². The SMILES string of the molecule is COc1ccc(/C(O)=C2\C(=O)C(=O)N(Cc3ccccn3)C2c2ccccc2C)cc1C(C)C. The zero-order valence-corrected chi connectivity index (χ0v) is 19.8. The van der Waals surface area contributed by atoms with Crippen molar-refractivity contribution in [3.05, 3.63) is 100 Å². The van der Waals surface area contributed by atoms with Crippen molar-refractivity contribution in [3.63, 3.8) is 0 Å². The monoisotopic (exact) mass is 456 g/mol. The quantitative estimate of drug-likeness (QED) is 0.315. The zero-order valence-electron chi connectivity index (χ0n) is 19.8. The molecule has 1 amide bonds. The molecule has 0 saturated carbocycles. The molecular formula is C28H28N2O4. The zero-order chi connectivity index (χ0) is 24.4. The minimum atomic E-state index is -0.729. The summed E-state index contributed by atoms with van der Waals surface area (Å²) in [6, 6.07) is 17.6. The number of aliphatic hydroxyl groups excluding tert-OH is 1. The molecule has 1 aromatic heterocycles. The van der Waals surface area contributed by atoms with E-state index in [9.17, 15) is 14.7 Å². The van der Waals surface area contributed by atoms with Crippen LogP contribution in [0.3, 0.4) is 0 Å². The number of hydrogen-bond acceptors (Lipinski definition) is 5. The summed E-state index contributed by atoms with van der Waals surface area (Å²) >= 11 is 0. The Labute approximate surface area is 199 Å². The van der Waals surface area contributed by atoms with Crippen LogP contribution in [0.2, 0.25) is 0 Å². The first-order valence-electron chi connectivity index (χ1n) is 11.3. The summed E-state index contributed by atoms with van der Waals surface area (Å²) in [5.41, 5.74) is 3.82. The Morgan fingerprint density at radius 1 is 1.09 bits per heavy atom. The molecule has 1 fully saturated rings. The number of aryl methyl sites for hydroxylation is 1. The van der Waals surface area contributed by atoms with E-state index < -0.39 is 17.7 Å². The van der Waals surface area contributed by atoms with Gasteiger partial charge in [-0.05, 0) is 59.9 Å². The third kappa shape index (κ3) is 4.19. The number of rotatable bonds is 6. The van der Waals surface area contributed by atoms with Gasteiger partial charge in [-0.2, -0.15) is 0 Å². The van der Waals surface area contributed by atoms with Crippen LogP contribution in [0.25, 0.3) is 5.76 Å². The number of hydrogen-bond donors (Lipinski definition) is 1. The number of aromatic nitrogens is 1. The lowest BCUT2D eigenvalue weighted by atomic mass is 9.91. The second-order valence-electron chi connectivity index (χ2n) is 8.72. The van der Waals surface area contributed by atoms with E-state index in [1.807, 2.05) is 63.2 Å². The number of nitrogens with zero attached hydrogens (tertiary/aromatic N) is 2. The van der Waals surface area contributed by atoms with Crippen LogP contribution in [0.4, 0.5) is 0 Å². The number of amides is 1. The van der Waals surface area contributed by atoms with Gasteiger partial charge in [0, 0.05) is 11.8 Å². The Balaban J connectivity index is 1.90. The van der Waals surface area contributed by atoms with Crippen LogP contribution in [-0.4, -0.2) is 33.8 Å². The molecular weight excluding hydrogens is 428 g/mol. The number of methoxy groups -OCH3 is 1. The van der Waals surface area contributed by atoms with Crippen molar-refractivity contribution < 1.29 is 19.4 Å². The molecule has 1 atom stereocenters. The van der Waals surface area contributed by atoms with Crippen molar-refractivity contribution in [3.8, 4) is 5.75 Å². The molecule has 1 saturated heterocycles. The van der Waals surface area contributed by atoms with E-state index in [1.165, 1.54) is 4.90 Å². The molecule has 0 aliphatic carbocycles. The van der Waals surface area contributed by atoms with E-state index in [0.717, 1.165) is 16.7 Å². The first-order chi connectivity index (χ1) is 16.3. The smallest absolute Gasteiger partial charge is 0.296 e. The first-order valence-corrected chi connectivity index (χ1v) is 11.3. The Morgan fingerprint density at radius 2 is 1.82 bits per heavy atom. The van der Waals surface area contributed by atoms with Gasteiger partial charge in [0.1, 0.15) is 11.5 Å². The van der Waals surface area contributed by atoms with Crippen LogP contribution >= 0.6 is 0 Å². The highest BCUT2D eigenvalue weighted by molar-refractivity contribution is 6.46. The van der Waals surface area contributed by atoms with Gasteiger partial charge in [0.05, 0.1) is 31.0 Å². The van der Waals surface area contributed by atoms with Crippen LogP contribution in [0.15, 0.2) is 72.4 Å². The molecule has 2 heterocycles. The highest BCUT2D eigenvalue weighted by atomic mass is 16.5. The number of aliphatic hydroxyl groups is 1. The van der Waals surface area contributed by atoms with E-state index in [0.29, 0.717) is 17.0 Å². The highest BCUT2D eigenvalue weighted by Gasteiger charge is 2.46. The Hall–Kier alpha value is -3.93. The van der Waals surface area contributed by atoms with Crippen molar-refractivity contribution in [2.75, 3.05) is 7.11 Å². The number of ether oxygens (including phenoxy) is 1. The molecule has 1 N–H and O–H groups in total. The van der Waals surface area contributed by atoms with Gasteiger partial charge in [-0.25, -0.2) is 0 Å². The van der Waals surface area contributed by atoms with Crippen LogP contribution < -0.4 is 4.74 Å². The van der Waals surface area contributed by atoms with Crippen molar-refractivity contribution >= 4 is 17.4 Å². The number of carbonyl (C=O) groups is 2. The number of Topliss-reactive ketones (excluding diaryl/α,β-unsaturated/α-hetero) is 1. The number of likely N-dealkylation sites (tertiary alicyclic amines) is 1. The minimum Gasteiger partial charge on any atom is -0.507 e. The minimum absolute atomic E-state index is 0.0788. The second kappa shape index (κ2) is 9.51. The maximum absolute atomic E-state index is 13.3. The second-order valence-corrected chi connectivity index (χ2v) is 8.72. The molecule has 3 aromatic rings. The van der Waals surface area contributed by atoms with Gasteiger partial charge >= 0.3 is 0 Å². The fourth-order valence-corrected chi connectivity index (χ4v) is 4.41. The van der Waals surface area contributed by atoms with Crippen LogP contribution in [-0.2, 0) is 16.1 Å². The van der Waals surface area contributed by atoms with E-state index in [1.54, 1.807) is 31.5 Å². The van der Waals surface area contributed by atoms with Gasteiger partial charge in [-0.3, -0.25) is 14.6 Å². The fraction of sp³-hybridized carbons (Fsp3) is 0.250. The number of ketones is 1. The summed E-state index contributed by atoms with van der Waals surface area (Å²) in [6.45, 7) is 6.14. The molecule has 1 aliphatic heterocycles. The van der Waals surface area contributed by atoms with Crippen LogP contribution in [0.1, 0.15) is 53.8 Å². The maximum Gasteiger partial charge on any atom is 0.296 e. The summed E-state index contributed by atoms with van der Waals surface area (Å²) in [7, 11) is 1.60. The molecule has 0 bridgehead atoms. The molecule has 1 aliphatic rings. The van der Waals surface area contributed by atoms with E-state index in [2.05, 4.69) is 4.98 Å². The topological polar surface area (TPSA) is 79.7 Å². The molecule has 6 nitrogen and oxygen atoms in total. The predicted octanol–water partition coefficient (Wildman–Crippen LogP) is 5.14. The summed E-state index contributed by atoms with van der Waals surface area (Å²) in [5.74, 6) is -0.708. The molecule has 174 valence electrons. The lowest BCUT2D eigenvalue weighted by Gasteiger charge is -2.26. The third-order valence-electron chi connectivity index (χ3n) is 6.21. The molecule has 0 spiro atoms. The third-order valence-corrected chi connectivity index (χ3v) is 6.21. The average molecular weight is 457 g/mol. The molecule has 4 rings (SSSR count). The van der Waals surface area contributed by atoms with Crippen LogP contribution in [0.5, 0.6) is 5.75 Å². The van der Waals surface area contributed by atoms with Crippen molar-refractivity contribution in [1.82, 2.24) is 9.88 Å². The summed E-state index contributed by atoms with van der Waals surface area (Å²) in [4.78, 5) is 32.3. The van der Waals surface area contributed by atoms with Crippen molar-refractivity contribution in [2.24, 2.45) is 0 Å². The Kier molecular flexibility index (Phi) is 6.50. The molecule has 0 radical (unpaired) electrons. The average Bonchev–Trinajstić information content (AvgIpc) is 3.09. The largest absolute Gasteiger partial charge is 0.507 e. The Bertz CT molecular complexity index is 1260. The first kappa shape index (κ1) is 23.2. The van der Waals surface area contributed by atoms with Crippen LogP contribution in [0, 0.1) is 6.92 Å². The highest BCUT2D eigenvalue weighted by Crippen LogP contribution is 2.42. The molecule has 2 aromatic carbocycles. The van der Waals surface area contributed by atoms with Gasteiger partial charge in [0.15, 0.2) is 0 Å². The fourth-order valence-electron chi connectivity index (χ4n) is 4.41. The molecule has 34 heavy (non-hydrogen) atoms. The van der Waals surface area contributed by atoms with Gasteiger partial charge in [-0.15, -0.1) is 0 Å². The normalized spacial score (nSPS) is 17.4. The predicted molar refractivity (Wildman–Crippen MR) is 130 cm³/mol. The lowest BCUT2D eigenvalue weighted by molar-refractivity contribution is -0.140. The standard InChI is InChI=1S/C28H28N2O4/c1-17(2)22-15-19(12-13-23(22)34-4)26(31)24-25(21-11-6-5-9-18(21)3)30(28(33)27(24)32)16-20-10-7-8-14-29-20/h5-15,17,25,31H,16H2,1-4H3/b26-24+. The van der Waals surface area contributed by atoms with Gasteiger partial charge in [0.25, 0.3) is 11.7 Å². The number of carbonyl (C=O) groups excluding carboxylic acids is 2. The van der Waals surface area contributed by atoms with Crippen molar-refractivity contribution in [1.29, 1.82) is 0 Å². The van der Waals surface area contributed by atoms with E-state index in [4.69, 9.17) is 4.74 Å². The maximum atomic E-state index is 13.3. The van der Waals surface area contributed by atoms with Gasteiger partial charge < -0.3 is 14.7 Å². The Morgan fingerprint density at radius 3 is 2.47 bits per heavy atom. The summed E-state index contributed by atoms with van der Waals surface area (Å²) < 4.78 is 5.46. The molecule has 1 unspecified atom stereocenters. The van der Waals surface area contributed by atoms with Gasteiger partial charge in [0.2, 0.25) is 0 Å². The molecule has 6 heteroatoms. The number of benzene rings is 2. The summed E-state index contributed by atoms with van der Waals surface area (Å²) in [6.07, 6.45) is 1.65.